The molecule has 3 heteroatoms. The van der Waals surface area contributed by atoms with Gasteiger partial charge in [-0.15, -0.1) is 22.7 Å². The summed E-state index contributed by atoms with van der Waals surface area (Å²) in [6.45, 7) is 18.3. The van der Waals surface area contributed by atoms with Crippen molar-refractivity contribution in [1.82, 2.24) is 4.98 Å². The second-order valence-corrected chi connectivity index (χ2v) is 14.8. The van der Waals surface area contributed by atoms with E-state index in [1.807, 2.05) is 22.7 Å². The highest BCUT2D eigenvalue weighted by Crippen LogP contribution is 2.43. The Bertz CT molecular complexity index is 1870. The monoisotopic (exact) mass is 547 g/mol. The molecule has 3 aromatic carbocycles. The summed E-state index contributed by atoms with van der Waals surface area (Å²) in [4.78, 5) is 9.27. The molecule has 0 fully saturated rings. The maximum absolute atomic E-state index is 5.28. The van der Waals surface area contributed by atoms with E-state index in [1.165, 1.54) is 69.4 Å². The van der Waals surface area contributed by atoms with E-state index in [2.05, 4.69) is 116 Å². The smallest absolute Gasteiger partial charge is 0.125 e. The van der Waals surface area contributed by atoms with E-state index >= 15 is 0 Å². The van der Waals surface area contributed by atoms with E-state index in [0.717, 1.165) is 16.9 Å². The first-order chi connectivity index (χ1) is 18.5. The van der Waals surface area contributed by atoms with E-state index in [4.69, 9.17) is 4.98 Å². The number of hydrogen-bond donors (Lipinski definition) is 0. The second kappa shape index (κ2) is 9.57. The predicted octanol–water partition coefficient (Wildman–Crippen LogP) is 11.4. The first kappa shape index (κ1) is 26.2. The van der Waals surface area contributed by atoms with Crippen LogP contribution in [0.2, 0.25) is 0 Å². The lowest BCUT2D eigenvalue weighted by Crippen LogP contribution is -2.12. The van der Waals surface area contributed by atoms with Gasteiger partial charge in [-0.3, -0.25) is 0 Å². The van der Waals surface area contributed by atoms with Gasteiger partial charge in [-0.1, -0.05) is 71.0 Å². The molecule has 0 atom stereocenters. The quantitative estimate of drug-likeness (QED) is 0.214. The van der Waals surface area contributed by atoms with Crippen LogP contribution in [0.1, 0.15) is 61.1 Å². The average molecular weight is 548 g/mol. The molecule has 0 saturated heterocycles. The van der Waals surface area contributed by atoms with E-state index < -0.39 is 0 Å². The largest absolute Gasteiger partial charge is 0.237 e. The van der Waals surface area contributed by atoms with Gasteiger partial charge in [0.1, 0.15) is 4.83 Å². The molecule has 0 saturated carbocycles. The maximum atomic E-state index is 5.28. The first-order valence-corrected chi connectivity index (χ1v) is 15.6. The highest BCUT2D eigenvalue weighted by molar-refractivity contribution is 7.19. The number of pyridine rings is 1. The van der Waals surface area contributed by atoms with Crippen molar-refractivity contribution in [2.45, 2.75) is 67.2 Å². The minimum atomic E-state index is 0.0361. The highest BCUT2D eigenvalue weighted by Gasteiger charge is 2.21. The molecule has 0 unspecified atom stereocenters. The molecule has 0 aliphatic rings. The van der Waals surface area contributed by atoms with Gasteiger partial charge in [-0.05, 0) is 107 Å². The molecule has 0 bridgehead atoms. The Hall–Kier alpha value is -3.01. The number of fused-ring (bicyclic) bond motifs is 3. The fraction of sp³-hybridized carbons (Fsp3) is 0.306. The van der Waals surface area contributed by atoms with Crippen molar-refractivity contribution >= 4 is 53.7 Å². The van der Waals surface area contributed by atoms with Gasteiger partial charge in [0.2, 0.25) is 0 Å². The van der Waals surface area contributed by atoms with Crippen molar-refractivity contribution in [2.75, 3.05) is 0 Å². The molecule has 39 heavy (non-hydrogen) atoms. The van der Waals surface area contributed by atoms with Gasteiger partial charge in [0.25, 0.3) is 0 Å². The standard InChI is InChI=1S/C36H37NS2/c1-20(2)15-32-22(4)27-14-13-25(18-33(27)39-32)29-19-31(37-35-34(29)21(3)23(5)38-35)26-16-24-11-9-10-12-28(24)30(17-26)36(6,7)8/h9-14,16-20H,15H2,1-8H3. The van der Waals surface area contributed by atoms with Crippen LogP contribution in [0.5, 0.6) is 0 Å². The normalized spacial score (nSPS) is 12.4. The Morgan fingerprint density at radius 2 is 1.56 bits per heavy atom. The molecule has 0 radical (unpaired) electrons. The molecule has 6 aromatic rings. The lowest BCUT2D eigenvalue weighted by molar-refractivity contribution is 0.596. The van der Waals surface area contributed by atoms with Crippen LogP contribution in [0.4, 0.5) is 0 Å². The average Bonchev–Trinajstić information content (AvgIpc) is 3.35. The topological polar surface area (TPSA) is 12.9 Å². The summed E-state index contributed by atoms with van der Waals surface area (Å²) in [6.07, 6.45) is 1.14. The number of aryl methyl sites for hydroxylation is 3. The van der Waals surface area contributed by atoms with Gasteiger partial charge in [0.05, 0.1) is 5.69 Å². The van der Waals surface area contributed by atoms with E-state index in [-0.39, 0.29) is 5.41 Å². The minimum absolute atomic E-state index is 0.0361. The molecule has 0 aliphatic carbocycles. The van der Waals surface area contributed by atoms with Gasteiger partial charge in [0, 0.05) is 25.4 Å². The van der Waals surface area contributed by atoms with Crippen LogP contribution < -0.4 is 0 Å². The number of benzene rings is 3. The number of nitrogens with zero attached hydrogens (tertiary/aromatic N) is 1. The fourth-order valence-corrected chi connectivity index (χ4v) is 8.34. The molecule has 1 nitrogen and oxygen atoms in total. The third-order valence-corrected chi connectivity index (χ3v) is 10.4. The highest BCUT2D eigenvalue weighted by atomic mass is 32.1. The van der Waals surface area contributed by atoms with Crippen LogP contribution in [-0.4, -0.2) is 4.98 Å². The number of aromatic nitrogens is 1. The summed E-state index contributed by atoms with van der Waals surface area (Å²) < 4.78 is 1.39. The van der Waals surface area contributed by atoms with Crippen LogP contribution in [0.15, 0.2) is 60.7 Å². The number of rotatable bonds is 4. The van der Waals surface area contributed by atoms with Gasteiger partial charge in [-0.2, -0.15) is 0 Å². The molecular weight excluding hydrogens is 511 g/mol. The van der Waals surface area contributed by atoms with Crippen molar-refractivity contribution in [1.29, 1.82) is 0 Å². The predicted molar refractivity (Wildman–Crippen MR) is 175 cm³/mol. The summed E-state index contributed by atoms with van der Waals surface area (Å²) in [5.74, 6) is 0.662. The molecule has 3 heterocycles. The third-order valence-electron chi connectivity index (χ3n) is 8.05. The Morgan fingerprint density at radius 3 is 2.31 bits per heavy atom. The minimum Gasteiger partial charge on any atom is -0.237 e. The van der Waals surface area contributed by atoms with Gasteiger partial charge in [-0.25, -0.2) is 4.98 Å². The Morgan fingerprint density at radius 1 is 0.795 bits per heavy atom. The molecule has 198 valence electrons. The second-order valence-electron chi connectivity index (χ2n) is 12.5. The Kier molecular flexibility index (Phi) is 6.44. The summed E-state index contributed by atoms with van der Waals surface area (Å²) >= 11 is 3.79. The van der Waals surface area contributed by atoms with Crippen molar-refractivity contribution in [3.63, 3.8) is 0 Å². The third kappa shape index (κ3) is 4.60. The van der Waals surface area contributed by atoms with E-state index in [1.54, 1.807) is 0 Å². The Labute approximate surface area is 240 Å². The number of thiophene rings is 2. The summed E-state index contributed by atoms with van der Waals surface area (Å²) in [7, 11) is 0. The van der Waals surface area contributed by atoms with Crippen LogP contribution >= 0.6 is 22.7 Å². The van der Waals surface area contributed by atoms with Gasteiger partial charge in [0.15, 0.2) is 0 Å². The lowest BCUT2D eigenvalue weighted by atomic mass is 9.82. The number of hydrogen-bond acceptors (Lipinski definition) is 3. The van der Waals surface area contributed by atoms with Crippen LogP contribution in [0.3, 0.4) is 0 Å². The summed E-state index contributed by atoms with van der Waals surface area (Å²) in [5, 5.41) is 5.30. The van der Waals surface area contributed by atoms with E-state index in [0.29, 0.717) is 5.92 Å². The molecule has 0 N–H and O–H groups in total. The van der Waals surface area contributed by atoms with Crippen molar-refractivity contribution in [3.8, 4) is 22.4 Å². The molecular formula is C36H37NS2. The summed E-state index contributed by atoms with van der Waals surface area (Å²) in [5.41, 5.74) is 9.02. The zero-order valence-corrected chi connectivity index (χ0v) is 26.0. The van der Waals surface area contributed by atoms with Crippen molar-refractivity contribution in [2.24, 2.45) is 5.92 Å². The van der Waals surface area contributed by atoms with Crippen LogP contribution in [0.25, 0.3) is 53.5 Å². The molecule has 3 aromatic heterocycles. The zero-order valence-electron chi connectivity index (χ0n) is 24.3. The maximum Gasteiger partial charge on any atom is 0.125 e. The van der Waals surface area contributed by atoms with Crippen LogP contribution in [-0.2, 0) is 11.8 Å². The van der Waals surface area contributed by atoms with Gasteiger partial charge < -0.3 is 0 Å². The van der Waals surface area contributed by atoms with E-state index in [9.17, 15) is 0 Å². The molecule has 0 spiro atoms. The van der Waals surface area contributed by atoms with Crippen molar-refractivity contribution < 1.29 is 0 Å². The SMILES string of the molecule is Cc1sc2nc(-c3cc(C(C)(C)C)c4ccccc4c3)cc(-c3ccc4c(C)c(CC(C)C)sc4c3)c2c1C. The van der Waals surface area contributed by atoms with Crippen molar-refractivity contribution in [3.05, 3.63) is 87.1 Å². The molecule has 0 aliphatic heterocycles. The fourth-order valence-electron chi connectivity index (χ4n) is 5.82. The lowest BCUT2D eigenvalue weighted by Gasteiger charge is -2.23. The first-order valence-electron chi connectivity index (χ1n) is 14.0. The van der Waals surface area contributed by atoms with Gasteiger partial charge >= 0.3 is 0 Å². The summed E-state index contributed by atoms with van der Waals surface area (Å²) in [6, 6.07) is 22.9. The zero-order chi connectivity index (χ0) is 27.6. The van der Waals surface area contributed by atoms with Crippen LogP contribution in [0, 0.1) is 26.7 Å². The molecule has 0 amide bonds. The Balaban J connectivity index is 1.60. The molecule has 6 rings (SSSR count).